The minimum Gasteiger partial charge on any atom is -0.396 e. The standard InChI is InChI=1S/C7H16O2S/c1-7(3-5-9)10-6-2-4-8/h7-9H,2-6H2,1H3. The third kappa shape index (κ3) is 6.39. The van der Waals surface area contributed by atoms with E-state index in [-0.39, 0.29) is 13.2 Å². The second-order valence-electron chi connectivity index (χ2n) is 2.27. The zero-order valence-electron chi connectivity index (χ0n) is 6.42. The second-order valence-corrected chi connectivity index (χ2v) is 3.82. The Morgan fingerprint density at radius 3 is 2.50 bits per heavy atom. The van der Waals surface area contributed by atoms with Crippen molar-refractivity contribution in [1.29, 1.82) is 0 Å². The molecule has 0 aliphatic rings. The highest BCUT2D eigenvalue weighted by atomic mass is 32.2. The molecule has 0 bridgehead atoms. The summed E-state index contributed by atoms with van der Waals surface area (Å²) in [5.41, 5.74) is 0. The largest absolute Gasteiger partial charge is 0.396 e. The summed E-state index contributed by atoms with van der Waals surface area (Å²) in [6.07, 6.45) is 1.72. The van der Waals surface area contributed by atoms with Gasteiger partial charge in [-0.1, -0.05) is 6.92 Å². The van der Waals surface area contributed by atoms with Crippen LogP contribution in [0.25, 0.3) is 0 Å². The number of aliphatic hydroxyl groups excluding tert-OH is 2. The van der Waals surface area contributed by atoms with E-state index >= 15 is 0 Å². The van der Waals surface area contributed by atoms with E-state index in [1.807, 2.05) is 0 Å². The quantitative estimate of drug-likeness (QED) is 0.572. The normalized spacial score (nSPS) is 13.5. The van der Waals surface area contributed by atoms with E-state index in [1.165, 1.54) is 0 Å². The Hall–Kier alpha value is 0.270. The summed E-state index contributed by atoms with van der Waals surface area (Å²) < 4.78 is 0. The molecule has 0 radical (unpaired) electrons. The van der Waals surface area contributed by atoms with Crippen LogP contribution in [0.4, 0.5) is 0 Å². The molecule has 1 atom stereocenters. The van der Waals surface area contributed by atoms with Gasteiger partial charge in [0.15, 0.2) is 0 Å². The van der Waals surface area contributed by atoms with Gasteiger partial charge in [-0.05, 0) is 18.6 Å². The third-order valence-electron chi connectivity index (χ3n) is 1.24. The number of hydrogen-bond acceptors (Lipinski definition) is 3. The minimum absolute atomic E-state index is 0.271. The van der Waals surface area contributed by atoms with Gasteiger partial charge in [0, 0.05) is 18.5 Å². The molecule has 0 fully saturated rings. The van der Waals surface area contributed by atoms with E-state index in [4.69, 9.17) is 10.2 Å². The van der Waals surface area contributed by atoms with E-state index < -0.39 is 0 Å². The van der Waals surface area contributed by atoms with Gasteiger partial charge in [-0.15, -0.1) is 0 Å². The molecule has 1 unspecified atom stereocenters. The van der Waals surface area contributed by atoms with Crippen molar-refractivity contribution in [2.45, 2.75) is 25.0 Å². The topological polar surface area (TPSA) is 40.5 Å². The Bertz CT molecular complexity index is 68.6. The van der Waals surface area contributed by atoms with Crippen molar-refractivity contribution in [2.75, 3.05) is 19.0 Å². The first kappa shape index (κ1) is 10.3. The molecule has 10 heavy (non-hydrogen) atoms. The monoisotopic (exact) mass is 164 g/mol. The number of thioether (sulfide) groups is 1. The first-order chi connectivity index (χ1) is 4.81. The molecular weight excluding hydrogens is 148 g/mol. The van der Waals surface area contributed by atoms with Gasteiger partial charge in [-0.3, -0.25) is 0 Å². The third-order valence-corrected chi connectivity index (χ3v) is 2.57. The van der Waals surface area contributed by atoms with E-state index in [0.717, 1.165) is 18.6 Å². The molecule has 0 rings (SSSR count). The molecule has 3 heteroatoms. The second kappa shape index (κ2) is 7.38. The molecule has 0 saturated heterocycles. The smallest absolute Gasteiger partial charge is 0.0441 e. The molecule has 0 spiro atoms. The molecule has 0 aromatic heterocycles. The lowest BCUT2D eigenvalue weighted by Crippen LogP contribution is -2.01. The van der Waals surface area contributed by atoms with Crippen molar-refractivity contribution in [3.8, 4) is 0 Å². The van der Waals surface area contributed by atoms with Gasteiger partial charge in [0.25, 0.3) is 0 Å². The van der Waals surface area contributed by atoms with Gasteiger partial charge < -0.3 is 10.2 Å². The van der Waals surface area contributed by atoms with Crippen molar-refractivity contribution < 1.29 is 10.2 Å². The van der Waals surface area contributed by atoms with Crippen LogP contribution in [0.1, 0.15) is 19.8 Å². The van der Waals surface area contributed by atoms with Gasteiger partial charge in [0.05, 0.1) is 0 Å². The molecule has 0 aromatic rings. The molecule has 2 N–H and O–H groups in total. The van der Waals surface area contributed by atoms with Crippen LogP contribution in [0.15, 0.2) is 0 Å². The van der Waals surface area contributed by atoms with Crippen molar-refractivity contribution in [3.05, 3.63) is 0 Å². The highest BCUT2D eigenvalue weighted by Crippen LogP contribution is 2.13. The summed E-state index contributed by atoms with van der Waals surface area (Å²) in [5.74, 6) is 0.998. The lowest BCUT2D eigenvalue weighted by molar-refractivity contribution is 0.288. The average molecular weight is 164 g/mol. The highest BCUT2D eigenvalue weighted by molar-refractivity contribution is 7.99. The minimum atomic E-state index is 0.271. The average Bonchev–Trinajstić information content (AvgIpc) is 1.89. The van der Waals surface area contributed by atoms with Crippen molar-refractivity contribution in [1.82, 2.24) is 0 Å². The van der Waals surface area contributed by atoms with E-state index in [1.54, 1.807) is 11.8 Å². The lowest BCUT2D eigenvalue weighted by atomic mass is 10.3. The molecule has 62 valence electrons. The zero-order valence-corrected chi connectivity index (χ0v) is 7.23. The SMILES string of the molecule is CC(CCO)SCCCO. The molecular formula is C7H16O2S. The maximum atomic E-state index is 8.53. The summed E-state index contributed by atoms with van der Waals surface area (Å²) in [4.78, 5) is 0. The lowest BCUT2D eigenvalue weighted by Gasteiger charge is -2.07. The van der Waals surface area contributed by atoms with Crippen LogP contribution >= 0.6 is 11.8 Å². The molecule has 0 aliphatic carbocycles. The summed E-state index contributed by atoms with van der Waals surface area (Å²) in [6, 6.07) is 0. The van der Waals surface area contributed by atoms with Gasteiger partial charge in [-0.2, -0.15) is 11.8 Å². The molecule has 2 nitrogen and oxygen atoms in total. The van der Waals surface area contributed by atoms with E-state index in [9.17, 15) is 0 Å². The van der Waals surface area contributed by atoms with Crippen LogP contribution in [0, 0.1) is 0 Å². The summed E-state index contributed by atoms with van der Waals surface area (Å²) in [6.45, 7) is 2.64. The van der Waals surface area contributed by atoms with Crippen LogP contribution in [-0.4, -0.2) is 34.4 Å². The first-order valence-corrected chi connectivity index (χ1v) is 4.69. The van der Waals surface area contributed by atoms with Crippen molar-refractivity contribution >= 4 is 11.8 Å². The summed E-state index contributed by atoms with van der Waals surface area (Å²) in [5, 5.41) is 17.5. The summed E-state index contributed by atoms with van der Waals surface area (Å²) in [7, 11) is 0. The Kier molecular flexibility index (Phi) is 7.58. The van der Waals surface area contributed by atoms with Crippen molar-refractivity contribution in [3.63, 3.8) is 0 Å². The van der Waals surface area contributed by atoms with Crippen molar-refractivity contribution in [2.24, 2.45) is 0 Å². The highest BCUT2D eigenvalue weighted by Gasteiger charge is 1.99. The van der Waals surface area contributed by atoms with E-state index in [2.05, 4.69) is 6.92 Å². The maximum absolute atomic E-state index is 8.53. The predicted octanol–water partition coefficient (Wildman–Crippen LogP) is 0.873. The molecule has 0 aromatic carbocycles. The van der Waals surface area contributed by atoms with Crippen LogP contribution in [0.5, 0.6) is 0 Å². The molecule has 0 amide bonds. The van der Waals surface area contributed by atoms with Crippen LogP contribution in [0.3, 0.4) is 0 Å². The number of aliphatic hydroxyl groups is 2. The fourth-order valence-corrected chi connectivity index (χ4v) is 1.58. The van der Waals surface area contributed by atoms with Crippen LogP contribution < -0.4 is 0 Å². The first-order valence-electron chi connectivity index (χ1n) is 3.64. The Morgan fingerprint density at radius 1 is 1.30 bits per heavy atom. The zero-order chi connectivity index (χ0) is 7.82. The fourth-order valence-electron chi connectivity index (χ4n) is 0.614. The van der Waals surface area contributed by atoms with Crippen LogP contribution in [0.2, 0.25) is 0 Å². The van der Waals surface area contributed by atoms with Gasteiger partial charge in [0.2, 0.25) is 0 Å². The molecule has 0 heterocycles. The van der Waals surface area contributed by atoms with Gasteiger partial charge >= 0.3 is 0 Å². The fraction of sp³-hybridized carbons (Fsp3) is 1.00. The maximum Gasteiger partial charge on any atom is 0.0441 e. The summed E-state index contributed by atoms with van der Waals surface area (Å²) >= 11 is 1.81. The van der Waals surface area contributed by atoms with Crippen LogP contribution in [-0.2, 0) is 0 Å². The molecule has 0 aliphatic heterocycles. The Morgan fingerprint density at radius 2 is 2.00 bits per heavy atom. The number of rotatable bonds is 6. The van der Waals surface area contributed by atoms with Gasteiger partial charge in [0.1, 0.15) is 0 Å². The predicted molar refractivity (Wildman–Crippen MR) is 45.3 cm³/mol. The Balaban J connectivity index is 2.97. The number of hydrogen-bond donors (Lipinski definition) is 2. The Labute approximate surface area is 66.6 Å². The van der Waals surface area contributed by atoms with Gasteiger partial charge in [-0.25, -0.2) is 0 Å². The van der Waals surface area contributed by atoms with E-state index in [0.29, 0.717) is 5.25 Å². The molecule has 0 saturated carbocycles.